The van der Waals surface area contributed by atoms with E-state index in [9.17, 15) is 0 Å². The zero-order valence-corrected chi connectivity index (χ0v) is 7.51. The fourth-order valence-corrected chi connectivity index (χ4v) is 1.35. The Morgan fingerprint density at radius 3 is 2.64 bits per heavy atom. The first-order valence-corrected chi connectivity index (χ1v) is 4.31. The first-order valence-electron chi connectivity index (χ1n) is 4.31. The fourth-order valence-electron chi connectivity index (χ4n) is 1.35. The summed E-state index contributed by atoms with van der Waals surface area (Å²) in [5, 5.41) is 8.91. The third-order valence-electron chi connectivity index (χ3n) is 2.02. The van der Waals surface area contributed by atoms with Gasteiger partial charge in [0.05, 0.1) is 11.6 Å². The molecule has 2 nitrogen and oxygen atoms in total. The minimum absolute atomic E-state index is 0.681. The van der Waals surface area contributed by atoms with Gasteiger partial charge in [-0.25, -0.2) is 0 Å². The molecule has 1 heterocycles. The van der Waals surface area contributed by atoms with Gasteiger partial charge in [-0.1, -0.05) is 24.3 Å². The Kier molecular flexibility index (Phi) is 2.24. The van der Waals surface area contributed by atoms with Crippen molar-refractivity contribution in [1.82, 2.24) is 4.98 Å². The van der Waals surface area contributed by atoms with E-state index in [-0.39, 0.29) is 0 Å². The number of hydrogen-bond donors (Lipinski definition) is 0. The standard InChI is InChI=1S/C12H8N2/c13-8-10-4-1-2-6-12(10)11-5-3-7-14-9-11/h1-7,9H. The summed E-state index contributed by atoms with van der Waals surface area (Å²) < 4.78 is 0. The Morgan fingerprint density at radius 2 is 1.93 bits per heavy atom. The maximum Gasteiger partial charge on any atom is 0.0998 e. The first-order chi connectivity index (χ1) is 6.92. The number of nitriles is 1. The average molecular weight is 180 g/mol. The van der Waals surface area contributed by atoms with Gasteiger partial charge in [0.2, 0.25) is 0 Å². The van der Waals surface area contributed by atoms with Crippen molar-refractivity contribution in [2.75, 3.05) is 0 Å². The Hall–Kier alpha value is -2.14. The Bertz CT molecular complexity index is 469. The SMILES string of the molecule is N#Cc1ccccc1-c1cccnc1. The molecule has 0 fully saturated rings. The maximum absolute atomic E-state index is 8.91. The second kappa shape index (κ2) is 3.71. The molecule has 0 amide bonds. The molecule has 0 aliphatic heterocycles. The molecule has 0 aliphatic rings. The van der Waals surface area contributed by atoms with E-state index in [0.717, 1.165) is 11.1 Å². The van der Waals surface area contributed by atoms with Crippen LogP contribution in [0.3, 0.4) is 0 Å². The fraction of sp³-hybridized carbons (Fsp3) is 0. The molecule has 0 spiro atoms. The number of rotatable bonds is 1. The molecule has 0 aliphatic carbocycles. The highest BCUT2D eigenvalue weighted by Crippen LogP contribution is 2.21. The van der Waals surface area contributed by atoms with Gasteiger partial charge in [0, 0.05) is 23.5 Å². The summed E-state index contributed by atoms with van der Waals surface area (Å²) in [5.41, 5.74) is 2.59. The topological polar surface area (TPSA) is 36.7 Å². The van der Waals surface area contributed by atoms with Crippen LogP contribution in [-0.2, 0) is 0 Å². The maximum atomic E-state index is 8.91. The molecule has 0 saturated carbocycles. The second-order valence-electron chi connectivity index (χ2n) is 2.90. The minimum Gasteiger partial charge on any atom is -0.264 e. The first kappa shape index (κ1) is 8.46. The minimum atomic E-state index is 0.681. The molecule has 2 rings (SSSR count). The van der Waals surface area contributed by atoms with Crippen LogP contribution >= 0.6 is 0 Å². The van der Waals surface area contributed by atoms with E-state index in [2.05, 4.69) is 11.1 Å². The molecule has 2 aromatic rings. The molecule has 14 heavy (non-hydrogen) atoms. The molecule has 1 aromatic heterocycles. The van der Waals surface area contributed by atoms with E-state index >= 15 is 0 Å². The molecular formula is C12H8N2. The predicted octanol–water partition coefficient (Wildman–Crippen LogP) is 2.62. The zero-order chi connectivity index (χ0) is 9.80. The highest BCUT2D eigenvalue weighted by Gasteiger charge is 2.02. The van der Waals surface area contributed by atoms with Crippen LogP contribution in [-0.4, -0.2) is 4.98 Å². The average Bonchev–Trinajstić information content (AvgIpc) is 2.30. The smallest absolute Gasteiger partial charge is 0.0998 e. The predicted molar refractivity (Wildman–Crippen MR) is 54.4 cm³/mol. The lowest BCUT2D eigenvalue weighted by Gasteiger charge is -2.01. The molecule has 2 heteroatoms. The number of benzene rings is 1. The van der Waals surface area contributed by atoms with Crippen molar-refractivity contribution in [3.05, 3.63) is 54.4 Å². The summed E-state index contributed by atoms with van der Waals surface area (Å²) in [7, 11) is 0. The number of aromatic nitrogens is 1. The Morgan fingerprint density at radius 1 is 1.07 bits per heavy atom. The largest absolute Gasteiger partial charge is 0.264 e. The van der Waals surface area contributed by atoms with E-state index in [0.29, 0.717) is 5.56 Å². The zero-order valence-electron chi connectivity index (χ0n) is 7.51. The Balaban J connectivity index is 2.58. The molecule has 0 radical (unpaired) electrons. The van der Waals surface area contributed by atoms with Crippen LogP contribution in [0.4, 0.5) is 0 Å². The molecular weight excluding hydrogens is 172 g/mol. The molecule has 0 atom stereocenters. The van der Waals surface area contributed by atoms with Gasteiger partial charge in [-0.2, -0.15) is 5.26 Å². The van der Waals surface area contributed by atoms with E-state index in [1.807, 2.05) is 36.4 Å². The molecule has 0 bridgehead atoms. The molecule has 1 aromatic carbocycles. The van der Waals surface area contributed by atoms with Crippen molar-refractivity contribution in [1.29, 1.82) is 5.26 Å². The lowest BCUT2D eigenvalue weighted by molar-refractivity contribution is 1.33. The summed E-state index contributed by atoms with van der Waals surface area (Å²) in [5.74, 6) is 0. The van der Waals surface area contributed by atoms with Gasteiger partial charge >= 0.3 is 0 Å². The Labute approximate surface area is 82.5 Å². The van der Waals surface area contributed by atoms with Gasteiger partial charge in [0.1, 0.15) is 0 Å². The molecule has 0 saturated heterocycles. The summed E-state index contributed by atoms with van der Waals surface area (Å²) >= 11 is 0. The van der Waals surface area contributed by atoms with Crippen LogP contribution in [0.2, 0.25) is 0 Å². The third-order valence-corrected chi connectivity index (χ3v) is 2.02. The van der Waals surface area contributed by atoms with E-state index in [1.54, 1.807) is 12.4 Å². The summed E-state index contributed by atoms with van der Waals surface area (Å²) in [6.07, 6.45) is 3.48. The normalized spacial score (nSPS) is 9.36. The number of pyridine rings is 1. The van der Waals surface area contributed by atoms with Crippen molar-refractivity contribution in [2.24, 2.45) is 0 Å². The number of nitrogens with zero attached hydrogens (tertiary/aromatic N) is 2. The van der Waals surface area contributed by atoms with Crippen LogP contribution in [0.25, 0.3) is 11.1 Å². The van der Waals surface area contributed by atoms with Gasteiger partial charge in [-0.3, -0.25) is 4.98 Å². The van der Waals surface area contributed by atoms with Crippen LogP contribution < -0.4 is 0 Å². The van der Waals surface area contributed by atoms with Gasteiger partial charge in [-0.15, -0.1) is 0 Å². The lowest BCUT2D eigenvalue weighted by atomic mass is 10.0. The third kappa shape index (κ3) is 1.48. The van der Waals surface area contributed by atoms with Crippen LogP contribution in [0, 0.1) is 11.3 Å². The van der Waals surface area contributed by atoms with Crippen molar-refractivity contribution in [3.63, 3.8) is 0 Å². The monoisotopic (exact) mass is 180 g/mol. The summed E-state index contributed by atoms with van der Waals surface area (Å²) in [4.78, 5) is 4.03. The van der Waals surface area contributed by atoms with Crippen LogP contribution in [0.5, 0.6) is 0 Å². The van der Waals surface area contributed by atoms with E-state index in [4.69, 9.17) is 5.26 Å². The highest BCUT2D eigenvalue weighted by molar-refractivity contribution is 5.69. The molecule has 66 valence electrons. The summed E-state index contributed by atoms with van der Waals surface area (Å²) in [6.45, 7) is 0. The van der Waals surface area contributed by atoms with Gasteiger partial charge in [0.25, 0.3) is 0 Å². The summed E-state index contributed by atoms with van der Waals surface area (Å²) in [6, 6.07) is 13.5. The van der Waals surface area contributed by atoms with Gasteiger partial charge in [-0.05, 0) is 12.1 Å². The van der Waals surface area contributed by atoms with Crippen LogP contribution in [0.1, 0.15) is 5.56 Å². The van der Waals surface area contributed by atoms with E-state index in [1.165, 1.54) is 0 Å². The number of hydrogen-bond acceptors (Lipinski definition) is 2. The van der Waals surface area contributed by atoms with Crippen molar-refractivity contribution in [3.8, 4) is 17.2 Å². The van der Waals surface area contributed by atoms with E-state index < -0.39 is 0 Å². The van der Waals surface area contributed by atoms with Crippen molar-refractivity contribution in [2.45, 2.75) is 0 Å². The van der Waals surface area contributed by atoms with Gasteiger partial charge < -0.3 is 0 Å². The second-order valence-corrected chi connectivity index (χ2v) is 2.90. The quantitative estimate of drug-likeness (QED) is 0.676. The molecule has 0 N–H and O–H groups in total. The lowest BCUT2D eigenvalue weighted by Crippen LogP contribution is -1.83. The van der Waals surface area contributed by atoms with Crippen LogP contribution in [0.15, 0.2) is 48.8 Å². The van der Waals surface area contributed by atoms with Gasteiger partial charge in [0.15, 0.2) is 0 Å². The molecule has 0 unspecified atom stereocenters. The van der Waals surface area contributed by atoms with Crippen molar-refractivity contribution >= 4 is 0 Å². The van der Waals surface area contributed by atoms with Crippen molar-refractivity contribution < 1.29 is 0 Å². The highest BCUT2D eigenvalue weighted by atomic mass is 14.6.